The Balaban J connectivity index is 2.45. The van der Waals surface area contributed by atoms with Crippen molar-refractivity contribution in [2.75, 3.05) is 12.3 Å². The van der Waals surface area contributed by atoms with Gasteiger partial charge in [0.2, 0.25) is 0 Å². The number of anilines is 1. The average Bonchev–Trinajstić information content (AvgIpc) is 2.82. The molecule has 0 bridgehead atoms. The monoisotopic (exact) mass is 228 g/mol. The van der Waals surface area contributed by atoms with E-state index >= 15 is 0 Å². The van der Waals surface area contributed by atoms with Crippen LogP contribution in [0.15, 0.2) is 12.3 Å². The van der Waals surface area contributed by atoms with Gasteiger partial charge in [-0.15, -0.1) is 0 Å². The van der Waals surface area contributed by atoms with Crippen LogP contribution in [-0.2, 0) is 6.54 Å². The number of rotatable bonds is 3. The Bertz CT molecular complexity index is 453. The van der Waals surface area contributed by atoms with E-state index in [1.807, 2.05) is 0 Å². The zero-order chi connectivity index (χ0) is 10.8. The van der Waals surface area contributed by atoms with Crippen molar-refractivity contribution in [2.24, 2.45) is 0 Å². The van der Waals surface area contributed by atoms with Crippen LogP contribution in [-0.4, -0.2) is 25.9 Å². The zero-order valence-electron chi connectivity index (χ0n) is 7.72. The quantitative estimate of drug-likeness (QED) is 0.811. The van der Waals surface area contributed by atoms with E-state index in [1.165, 1.54) is 4.68 Å². The largest absolute Gasteiger partial charge is 0.394 e. The summed E-state index contributed by atoms with van der Waals surface area (Å²) in [7, 11) is 0. The minimum Gasteiger partial charge on any atom is -0.394 e. The first-order valence-electron chi connectivity index (χ1n) is 4.27. The minimum atomic E-state index is -0.562. The molecule has 0 saturated carbocycles. The number of hydrogen-bond donors (Lipinski definition) is 2. The number of halogens is 1. The number of nitrogens with zero attached hydrogens (tertiary/aromatic N) is 3. The molecule has 5 nitrogen and oxygen atoms in total. The molecule has 0 spiro atoms. The van der Waals surface area contributed by atoms with Crippen LogP contribution < -0.4 is 5.73 Å². The Morgan fingerprint density at radius 3 is 3.00 bits per heavy atom. The van der Waals surface area contributed by atoms with Gasteiger partial charge in [-0.25, -0.2) is 13.4 Å². The number of aliphatic hydroxyl groups is 1. The Morgan fingerprint density at radius 1 is 1.60 bits per heavy atom. The van der Waals surface area contributed by atoms with Crippen molar-refractivity contribution in [1.82, 2.24) is 14.2 Å². The molecule has 0 radical (unpaired) electrons. The van der Waals surface area contributed by atoms with Crippen molar-refractivity contribution in [3.8, 4) is 10.6 Å². The fourth-order valence-electron chi connectivity index (χ4n) is 1.21. The van der Waals surface area contributed by atoms with Crippen molar-refractivity contribution in [2.45, 2.75) is 6.54 Å². The van der Waals surface area contributed by atoms with Gasteiger partial charge in [0.1, 0.15) is 5.69 Å². The second-order valence-corrected chi connectivity index (χ2v) is 3.70. The molecule has 0 amide bonds. The molecule has 0 saturated heterocycles. The first-order valence-corrected chi connectivity index (χ1v) is 5.05. The molecule has 2 aromatic rings. The standard InChI is InChI=1S/C8H9FN4OS/c9-6-7(5-1-2-11-15-5)12-13(3-4-14)8(6)10/h1-2,14H,3-4,10H2. The smallest absolute Gasteiger partial charge is 0.193 e. The van der Waals surface area contributed by atoms with Crippen LogP contribution in [0.25, 0.3) is 10.6 Å². The van der Waals surface area contributed by atoms with E-state index in [4.69, 9.17) is 10.8 Å². The second-order valence-electron chi connectivity index (χ2n) is 2.87. The number of aliphatic hydroxyl groups excluding tert-OH is 1. The molecule has 0 aliphatic carbocycles. The fraction of sp³-hybridized carbons (Fsp3) is 0.250. The lowest BCUT2D eigenvalue weighted by atomic mass is 10.3. The van der Waals surface area contributed by atoms with E-state index < -0.39 is 5.82 Å². The van der Waals surface area contributed by atoms with Gasteiger partial charge in [0.25, 0.3) is 0 Å². The van der Waals surface area contributed by atoms with Crippen LogP contribution in [0.1, 0.15) is 0 Å². The summed E-state index contributed by atoms with van der Waals surface area (Å²) >= 11 is 1.15. The van der Waals surface area contributed by atoms with Gasteiger partial charge in [0.15, 0.2) is 11.6 Å². The summed E-state index contributed by atoms with van der Waals surface area (Å²) in [5.74, 6) is -0.625. The molecule has 0 unspecified atom stereocenters. The van der Waals surface area contributed by atoms with Crippen molar-refractivity contribution < 1.29 is 9.50 Å². The highest BCUT2D eigenvalue weighted by molar-refractivity contribution is 7.09. The topological polar surface area (TPSA) is 77.0 Å². The maximum atomic E-state index is 13.6. The van der Waals surface area contributed by atoms with Crippen LogP contribution in [0, 0.1) is 5.82 Å². The van der Waals surface area contributed by atoms with Crippen molar-refractivity contribution in [1.29, 1.82) is 0 Å². The summed E-state index contributed by atoms with van der Waals surface area (Å²) in [5, 5.41) is 12.7. The lowest BCUT2D eigenvalue weighted by Crippen LogP contribution is -2.07. The number of nitrogens with two attached hydrogens (primary N) is 1. The number of aromatic nitrogens is 3. The van der Waals surface area contributed by atoms with Gasteiger partial charge in [-0.05, 0) is 17.6 Å². The van der Waals surface area contributed by atoms with E-state index in [-0.39, 0.29) is 24.7 Å². The molecular formula is C8H9FN4OS. The predicted molar refractivity (Wildman–Crippen MR) is 54.8 cm³/mol. The molecule has 0 aliphatic rings. The highest BCUT2D eigenvalue weighted by Gasteiger charge is 2.17. The van der Waals surface area contributed by atoms with Gasteiger partial charge in [-0.2, -0.15) is 5.10 Å². The third-order valence-electron chi connectivity index (χ3n) is 1.91. The molecule has 2 aromatic heterocycles. The minimum absolute atomic E-state index is 0.0625. The number of nitrogen functional groups attached to an aromatic ring is 1. The Hall–Kier alpha value is -1.47. The lowest BCUT2D eigenvalue weighted by molar-refractivity contribution is 0.270. The second kappa shape index (κ2) is 3.95. The van der Waals surface area contributed by atoms with E-state index in [0.717, 1.165) is 11.5 Å². The Kier molecular flexibility index (Phi) is 2.65. The SMILES string of the molecule is Nc1c(F)c(-c2ccns2)nn1CCO. The van der Waals surface area contributed by atoms with Gasteiger partial charge >= 0.3 is 0 Å². The van der Waals surface area contributed by atoms with Gasteiger partial charge in [-0.1, -0.05) is 0 Å². The summed E-state index contributed by atoms with van der Waals surface area (Å²) in [5.41, 5.74) is 5.68. The highest BCUT2D eigenvalue weighted by atomic mass is 32.1. The Labute approximate surface area is 89.1 Å². The normalized spacial score (nSPS) is 10.8. The van der Waals surface area contributed by atoms with Crippen LogP contribution in [0.2, 0.25) is 0 Å². The highest BCUT2D eigenvalue weighted by Crippen LogP contribution is 2.27. The summed E-state index contributed by atoms with van der Waals surface area (Å²) in [4.78, 5) is 0.621. The molecule has 2 rings (SSSR count). The van der Waals surface area contributed by atoms with Crippen LogP contribution >= 0.6 is 11.5 Å². The first-order chi connectivity index (χ1) is 7.24. The van der Waals surface area contributed by atoms with E-state index in [0.29, 0.717) is 4.88 Å². The van der Waals surface area contributed by atoms with Crippen LogP contribution in [0.3, 0.4) is 0 Å². The van der Waals surface area contributed by atoms with Gasteiger partial charge in [0.05, 0.1) is 18.0 Å². The molecular weight excluding hydrogens is 219 g/mol. The molecule has 0 atom stereocenters. The van der Waals surface area contributed by atoms with Gasteiger partial charge in [0, 0.05) is 6.20 Å². The predicted octanol–water partition coefficient (Wildman–Crippen LogP) is 0.720. The van der Waals surface area contributed by atoms with E-state index in [9.17, 15) is 4.39 Å². The van der Waals surface area contributed by atoms with E-state index in [2.05, 4.69) is 9.47 Å². The average molecular weight is 228 g/mol. The van der Waals surface area contributed by atoms with Crippen molar-refractivity contribution >= 4 is 17.4 Å². The van der Waals surface area contributed by atoms with Crippen LogP contribution in [0.5, 0.6) is 0 Å². The molecule has 7 heteroatoms. The van der Waals surface area contributed by atoms with Crippen molar-refractivity contribution in [3.63, 3.8) is 0 Å². The van der Waals surface area contributed by atoms with E-state index in [1.54, 1.807) is 12.3 Å². The summed E-state index contributed by atoms with van der Waals surface area (Å²) in [6, 6.07) is 1.67. The molecule has 15 heavy (non-hydrogen) atoms. The summed E-state index contributed by atoms with van der Waals surface area (Å²) in [6.45, 7) is 0.0506. The third kappa shape index (κ3) is 1.71. The van der Waals surface area contributed by atoms with Crippen LogP contribution in [0.4, 0.5) is 10.2 Å². The summed E-state index contributed by atoms with van der Waals surface area (Å²) < 4.78 is 18.7. The molecule has 0 aliphatic heterocycles. The molecule has 80 valence electrons. The Morgan fingerprint density at radius 2 is 2.40 bits per heavy atom. The molecule has 0 fully saturated rings. The molecule has 2 heterocycles. The van der Waals surface area contributed by atoms with Crippen molar-refractivity contribution in [3.05, 3.63) is 18.1 Å². The number of hydrogen-bond acceptors (Lipinski definition) is 5. The molecule has 3 N–H and O–H groups in total. The van der Waals surface area contributed by atoms with Gasteiger partial charge in [-0.3, -0.25) is 0 Å². The zero-order valence-corrected chi connectivity index (χ0v) is 8.54. The molecule has 0 aromatic carbocycles. The fourth-order valence-corrected chi connectivity index (χ4v) is 1.79. The first kappa shape index (κ1) is 10.1. The lowest BCUT2D eigenvalue weighted by Gasteiger charge is -1.98. The third-order valence-corrected chi connectivity index (χ3v) is 2.67. The maximum absolute atomic E-state index is 13.6. The summed E-state index contributed by atoms with van der Waals surface area (Å²) in [6.07, 6.45) is 1.57. The maximum Gasteiger partial charge on any atom is 0.193 e. The van der Waals surface area contributed by atoms with Gasteiger partial charge < -0.3 is 10.8 Å².